The predicted octanol–water partition coefficient (Wildman–Crippen LogP) is 2.68. The van der Waals surface area contributed by atoms with E-state index >= 15 is 0 Å². The van der Waals surface area contributed by atoms with Gasteiger partial charge in [-0.25, -0.2) is 0 Å². The average molecular weight is 272 g/mol. The van der Waals surface area contributed by atoms with Crippen LogP contribution < -0.4 is 5.73 Å². The van der Waals surface area contributed by atoms with Gasteiger partial charge in [0.1, 0.15) is 0 Å². The van der Waals surface area contributed by atoms with Crippen molar-refractivity contribution in [1.82, 2.24) is 4.90 Å². The molecule has 1 atom stereocenters. The molecule has 108 valence electrons. The van der Waals surface area contributed by atoms with E-state index in [4.69, 9.17) is 5.73 Å². The summed E-state index contributed by atoms with van der Waals surface area (Å²) in [5, 5.41) is 0. The van der Waals surface area contributed by atoms with Gasteiger partial charge in [0.05, 0.1) is 5.41 Å². The second kappa shape index (κ2) is 6.23. The topological polar surface area (TPSA) is 46.3 Å². The van der Waals surface area contributed by atoms with Crippen LogP contribution in [0, 0.1) is 5.41 Å². The lowest BCUT2D eigenvalue weighted by Crippen LogP contribution is -2.47. The number of nitrogens with zero attached hydrogens (tertiary/aromatic N) is 1. The number of nitrogens with two attached hydrogens (primary N) is 1. The average Bonchev–Trinajstić information content (AvgIpc) is 2.54. The van der Waals surface area contributed by atoms with Crippen molar-refractivity contribution in [3.05, 3.63) is 42.0 Å². The Kier molecular flexibility index (Phi) is 4.61. The van der Waals surface area contributed by atoms with Crippen LogP contribution in [0.4, 0.5) is 0 Å². The van der Waals surface area contributed by atoms with Gasteiger partial charge in [-0.15, -0.1) is 0 Å². The molecule has 1 aromatic rings. The van der Waals surface area contributed by atoms with E-state index in [1.165, 1.54) is 11.1 Å². The summed E-state index contributed by atoms with van der Waals surface area (Å²) in [6.07, 6.45) is 3.87. The molecule has 1 aromatic carbocycles. The van der Waals surface area contributed by atoms with Crippen LogP contribution in [0.5, 0.6) is 0 Å². The molecule has 2 N–H and O–H groups in total. The number of hydrogen-bond donors (Lipinski definition) is 1. The molecular formula is C17H24N2O. The lowest BCUT2D eigenvalue weighted by Gasteiger charge is -2.35. The second-order valence-corrected chi connectivity index (χ2v) is 5.71. The first kappa shape index (κ1) is 14.8. The summed E-state index contributed by atoms with van der Waals surface area (Å²) in [5.74, 6) is 0.186. The summed E-state index contributed by atoms with van der Waals surface area (Å²) in [7, 11) is 0. The number of carbonyl (C=O) groups is 1. The van der Waals surface area contributed by atoms with Gasteiger partial charge in [0, 0.05) is 19.6 Å². The first-order valence-corrected chi connectivity index (χ1v) is 7.34. The summed E-state index contributed by atoms with van der Waals surface area (Å²) >= 11 is 0. The molecule has 1 unspecified atom stereocenters. The molecule has 1 amide bonds. The van der Waals surface area contributed by atoms with E-state index in [2.05, 4.69) is 30.3 Å². The van der Waals surface area contributed by atoms with Gasteiger partial charge in [0.25, 0.3) is 0 Å². The SMILES string of the molecule is CCC(C)(CN)C(=O)N1CC=C(c2ccccc2)CC1. The van der Waals surface area contributed by atoms with Crippen molar-refractivity contribution in [2.45, 2.75) is 26.7 Å². The number of amides is 1. The molecule has 2 rings (SSSR count). The van der Waals surface area contributed by atoms with Crippen LogP contribution in [0.2, 0.25) is 0 Å². The van der Waals surface area contributed by atoms with Crippen molar-refractivity contribution < 1.29 is 4.79 Å². The van der Waals surface area contributed by atoms with Crippen LogP contribution in [0.25, 0.3) is 5.57 Å². The van der Waals surface area contributed by atoms with Gasteiger partial charge < -0.3 is 10.6 Å². The van der Waals surface area contributed by atoms with Gasteiger partial charge in [0.15, 0.2) is 0 Å². The van der Waals surface area contributed by atoms with Gasteiger partial charge in [-0.05, 0) is 30.9 Å². The molecule has 3 heteroatoms. The molecule has 1 aliphatic heterocycles. The van der Waals surface area contributed by atoms with Crippen molar-refractivity contribution in [3.8, 4) is 0 Å². The Hall–Kier alpha value is -1.61. The maximum absolute atomic E-state index is 12.5. The van der Waals surface area contributed by atoms with Crippen LogP contribution >= 0.6 is 0 Å². The molecule has 0 saturated carbocycles. The minimum absolute atomic E-state index is 0.186. The minimum atomic E-state index is -0.419. The van der Waals surface area contributed by atoms with E-state index in [1.54, 1.807) is 0 Å². The summed E-state index contributed by atoms with van der Waals surface area (Å²) in [5.41, 5.74) is 7.96. The highest BCUT2D eigenvalue weighted by molar-refractivity contribution is 5.83. The summed E-state index contributed by atoms with van der Waals surface area (Å²) in [4.78, 5) is 14.5. The monoisotopic (exact) mass is 272 g/mol. The maximum Gasteiger partial charge on any atom is 0.230 e. The smallest absolute Gasteiger partial charge is 0.230 e. The Balaban J connectivity index is 2.07. The van der Waals surface area contributed by atoms with Crippen molar-refractivity contribution in [2.75, 3.05) is 19.6 Å². The lowest BCUT2D eigenvalue weighted by molar-refractivity contribution is -0.140. The fourth-order valence-corrected chi connectivity index (χ4v) is 2.53. The van der Waals surface area contributed by atoms with Gasteiger partial charge in [-0.1, -0.05) is 43.3 Å². The minimum Gasteiger partial charge on any atom is -0.338 e. The third-order valence-corrected chi connectivity index (χ3v) is 4.39. The zero-order valence-electron chi connectivity index (χ0n) is 12.4. The molecule has 0 aromatic heterocycles. The van der Waals surface area contributed by atoms with Gasteiger partial charge >= 0.3 is 0 Å². The normalized spacial score (nSPS) is 18.4. The largest absolute Gasteiger partial charge is 0.338 e. The second-order valence-electron chi connectivity index (χ2n) is 5.71. The van der Waals surface area contributed by atoms with Crippen LogP contribution in [0.1, 0.15) is 32.3 Å². The maximum atomic E-state index is 12.5. The van der Waals surface area contributed by atoms with E-state index in [9.17, 15) is 4.79 Å². The highest BCUT2D eigenvalue weighted by Crippen LogP contribution is 2.27. The van der Waals surface area contributed by atoms with Crippen molar-refractivity contribution in [3.63, 3.8) is 0 Å². The van der Waals surface area contributed by atoms with E-state index < -0.39 is 5.41 Å². The van der Waals surface area contributed by atoms with Crippen LogP contribution in [-0.2, 0) is 4.79 Å². The molecule has 1 heterocycles. The number of hydrogen-bond acceptors (Lipinski definition) is 2. The van der Waals surface area contributed by atoms with Gasteiger partial charge in [0.2, 0.25) is 5.91 Å². The van der Waals surface area contributed by atoms with Crippen molar-refractivity contribution in [1.29, 1.82) is 0 Å². The Labute approximate surface area is 121 Å². The van der Waals surface area contributed by atoms with E-state index in [1.807, 2.05) is 24.8 Å². The Morgan fingerprint density at radius 2 is 2.05 bits per heavy atom. The third kappa shape index (κ3) is 2.93. The highest BCUT2D eigenvalue weighted by atomic mass is 16.2. The van der Waals surface area contributed by atoms with E-state index in [-0.39, 0.29) is 5.91 Å². The molecule has 20 heavy (non-hydrogen) atoms. The van der Waals surface area contributed by atoms with Crippen LogP contribution in [0.3, 0.4) is 0 Å². The summed E-state index contributed by atoms with van der Waals surface area (Å²) in [6, 6.07) is 10.4. The fraction of sp³-hybridized carbons (Fsp3) is 0.471. The van der Waals surface area contributed by atoms with E-state index in [0.717, 1.165) is 19.4 Å². The van der Waals surface area contributed by atoms with Crippen LogP contribution in [-0.4, -0.2) is 30.4 Å². The molecule has 3 nitrogen and oxygen atoms in total. The molecule has 0 bridgehead atoms. The van der Waals surface area contributed by atoms with Crippen LogP contribution in [0.15, 0.2) is 36.4 Å². The number of benzene rings is 1. The summed E-state index contributed by atoms with van der Waals surface area (Å²) < 4.78 is 0. The van der Waals surface area contributed by atoms with Gasteiger partial charge in [-0.3, -0.25) is 4.79 Å². The Morgan fingerprint density at radius 1 is 1.35 bits per heavy atom. The standard InChI is InChI=1S/C17H24N2O/c1-3-17(2,13-18)16(20)19-11-9-15(10-12-19)14-7-5-4-6-8-14/h4-9H,3,10-13,18H2,1-2H3. The lowest BCUT2D eigenvalue weighted by atomic mass is 9.85. The molecule has 0 saturated heterocycles. The predicted molar refractivity (Wildman–Crippen MR) is 83.1 cm³/mol. The third-order valence-electron chi connectivity index (χ3n) is 4.39. The molecule has 0 aliphatic carbocycles. The highest BCUT2D eigenvalue weighted by Gasteiger charge is 2.34. The quantitative estimate of drug-likeness (QED) is 0.916. The number of carbonyl (C=O) groups excluding carboxylic acids is 1. The first-order valence-electron chi connectivity index (χ1n) is 7.34. The number of rotatable bonds is 4. The zero-order chi connectivity index (χ0) is 14.6. The summed E-state index contributed by atoms with van der Waals surface area (Å²) in [6.45, 7) is 5.88. The Morgan fingerprint density at radius 3 is 2.55 bits per heavy atom. The Bertz CT molecular complexity index is 489. The van der Waals surface area contributed by atoms with Crippen molar-refractivity contribution >= 4 is 11.5 Å². The molecular weight excluding hydrogens is 248 g/mol. The zero-order valence-corrected chi connectivity index (χ0v) is 12.4. The molecule has 0 radical (unpaired) electrons. The fourth-order valence-electron chi connectivity index (χ4n) is 2.53. The first-order chi connectivity index (χ1) is 9.60. The van der Waals surface area contributed by atoms with Crippen molar-refractivity contribution in [2.24, 2.45) is 11.1 Å². The molecule has 0 fully saturated rings. The van der Waals surface area contributed by atoms with E-state index in [0.29, 0.717) is 13.1 Å². The van der Waals surface area contributed by atoms with Gasteiger partial charge in [-0.2, -0.15) is 0 Å². The molecule has 1 aliphatic rings. The molecule has 0 spiro atoms.